The summed E-state index contributed by atoms with van der Waals surface area (Å²) in [5, 5.41) is 18.4. The van der Waals surface area contributed by atoms with Gasteiger partial charge in [-0.3, -0.25) is 14.4 Å². The first-order valence-corrected chi connectivity index (χ1v) is 13.6. The van der Waals surface area contributed by atoms with Crippen LogP contribution >= 0.6 is 0 Å². The van der Waals surface area contributed by atoms with Crippen LogP contribution in [0.1, 0.15) is 60.6 Å². The average Bonchev–Trinajstić information content (AvgIpc) is 2.96. The number of hydrogen-bond acceptors (Lipinski definition) is 10. The molecule has 2 aromatic heterocycles. The fourth-order valence-corrected chi connectivity index (χ4v) is 4.36. The molecule has 43 heavy (non-hydrogen) atoms. The molecule has 0 atom stereocenters. The lowest BCUT2D eigenvalue weighted by Crippen LogP contribution is -2.31. The van der Waals surface area contributed by atoms with Crippen molar-refractivity contribution in [2.45, 2.75) is 45.6 Å². The van der Waals surface area contributed by atoms with Gasteiger partial charge in [0.05, 0.1) is 0 Å². The number of ether oxygens (including phenoxy) is 3. The number of carboxylic acid groups (broad SMARTS) is 2. The lowest BCUT2D eigenvalue weighted by atomic mass is 10.1. The number of esters is 1. The molecule has 0 saturated carbocycles. The third-order valence-corrected chi connectivity index (χ3v) is 6.41. The van der Waals surface area contributed by atoms with Crippen LogP contribution in [0.4, 0.5) is 0 Å². The van der Waals surface area contributed by atoms with Crippen molar-refractivity contribution < 1.29 is 47.6 Å². The van der Waals surface area contributed by atoms with E-state index in [1.54, 1.807) is 0 Å². The second-order valence-electron chi connectivity index (χ2n) is 10.2. The number of benzene rings is 2. The highest BCUT2D eigenvalue weighted by Gasteiger charge is 2.21. The molecule has 0 saturated heterocycles. The summed E-state index contributed by atoms with van der Waals surface area (Å²) in [4.78, 5) is 60.6. The first-order chi connectivity index (χ1) is 20.5. The Labute approximate surface area is 244 Å². The number of hydrogen-bond donors (Lipinski definition) is 2. The lowest BCUT2D eigenvalue weighted by Gasteiger charge is -2.20. The fraction of sp³-hybridized carbons (Fsp3) is 0.323. The van der Waals surface area contributed by atoms with Crippen molar-refractivity contribution in [1.29, 1.82) is 0 Å². The second-order valence-corrected chi connectivity index (χ2v) is 10.2. The van der Waals surface area contributed by atoms with Crippen molar-refractivity contribution in [3.05, 3.63) is 80.5 Å². The summed E-state index contributed by atoms with van der Waals surface area (Å²) in [5.74, 6) is -3.69. The molecule has 12 heteroatoms. The van der Waals surface area contributed by atoms with Gasteiger partial charge in [-0.2, -0.15) is 0 Å². The first kappa shape index (κ1) is 30.8. The lowest BCUT2D eigenvalue weighted by molar-refractivity contribution is -0.152. The normalized spacial score (nSPS) is 11.3. The van der Waals surface area contributed by atoms with Gasteiger partial charge in [0, 0.05) is 18.6 Å². The summed E-state index contributed by atoms with van der Waals surface area (Å²) >= 11 is 0. The van der Waals surface area contributed by atoms with E-state index in [0.717, 1.165) is 25.0 Å². The maximum atomic E-state index is 12.7. The molecular formula is C31H30O12. The molecule has 4 rings (SSSR count). The summed E-state index contributed by atoms with van der Waals surface area (Å²) in [6.45, 7) is 3.66. The van der Waals surface area contributed by atoms with Crippen LogP contribution in [0, 0.1) is 5.92 Å². The Balaban J connectivity index is 1.56. The Morgan fingerprint density at radius 3 is 1.70 bits per heavy atom. The number of unbranched alkanes of at least 4 members (excludes halogenated alkanes) is 1. The van der Waals surface area contributed by atoms with Gasteiger partial charge in [0.1, 0.15) is 46.7 Å². The van der Waals surface area contributed by atoms with Crippen molar-refractivity contribution in [3.8, 4) is 11.5 Å². The topological polar surface area (TPSA) is 180 Å². The smallest absolute Gasteiger partial charge is 0.371 e. The highest BCUT2D eigenvalue weighted by atomic mass is 16.6. The fourth-order valence-electron chi connectivity index (χ4n) is 4.36. The molecular weight excluding hydrogens is 564 g/mol. The highest BCUT2D eigenvalue weighted by Crippen LogP contribution is 2.26. The van der Waals surface area contributed by atoms with E-state index in [1.807, 2.05) is 0 Å². The van der Waals surface area contributed by atoms with E-state index in [4.69, 9.17) is 23.0 Å². The zero-order valence-corrected chi connectivity index (χ0v) is 23.5. The monoisotopic (exact) mass is 594 g/mol. The number of carboxylic acids is 2. The third kappa shape index (κ3) is 7.79. The van der Waals surface area contributed by atoms with E-state index in [2.05, 4.69) is 13.8 Å². The van der Waals surface area contributed by atoms with Crippen LogP contribution in [0.3, 0.4) is 0 Å². The minimum absolute atomic E-state index is 0.000517. The maximum absolute atomic E-state index is 12.7. The molecule has 2 N–H and O–H groups in total. The number of carbonyl (C=O) groups excluding carboxylic acids is 1. The molecule has 2 heterocycles. The molecule has 2 aromatic carbocycles. The predicted molar refractivity (Wildman–Crippen MR) is 153 cm³/mol. The van der Waals surface area contributed by atoms with E-state index in [0.29, 0.717) is 12.3 Å². The van der Waals surface area contributed by atoms with Gasteiger partial charge in [0.2, 0.25) is 11.5 Å². The molecule has 0 aliphatic rings. The van der Waals surface area contributed by atoms with E-state index < -0.39 is 46.4 Å². The SMILES string of the molecule is CC(C)CCCCC(=O)OC(COc1cccc2oc(C(=O)O)cc(=O)c12)COc1cccc2oc(C(=O)O)cc(=O)c12. The Morgan fingerprint density at radius 2 is 1.26 bits per heavy atom. The van der Waals surface area contributed by atoms with Crippen LogP contribution in [-0.4, -0.2) is 47.4 Å². The molecule has 0 bridgehead atoms. The number of carbonyl (C=O) groups is 3. The van der Waals surface area contributed by atoms with Crippen molar-refractivity contribution in [3.63, 3.8) is 0 Å². The summed E-state index contributed by atoms with van der Waals surface area (Å²) in [7, 11) is 0. The Bertz CT molecular complexity index is 1650. The molecule has 226 valence electrons. The van der Waals surface area contributed by atoms with Gasteiger partial charge in [-0.15, -0.1) is 0 Å². The molecule has 0 radical (unpaired) electrons. The zero-order chi connectivity index (χ0) is 31.1. The van der Waals surface area contributed by atoms with Gasteiger partial charge >= 0.3 is 17.9 Å². The van der Waals surface area contributed by atoms with Gasteiger partial charge in [0.25, 0.3) is 0 Å². The maximum Gasteiger partial charge on any atom is 0.371 e. The highest BCUT2D eigenvalue weighted by molar-refractivity contribution is 5.90. The second kappa shape index (κ2) is 13.7. The quantitative estimate of drug-likeness (QED) is 0.149. The minimum Gasteiger partial charge on any atom is -0.489 e. The van der Waals surface area contributed by atoms with Gasteiger partial charge in [0.15, 0.2) is 17.0 Å². The first-order valence-electron chi connectivity index (χ1n) is 13.6. The Morgan fingerprint density at radius 1 is 0.767 bits per heavy atom. The molecule has 0 fully saturated rings. The number of rotatable bonds is 14. The van der Waals surface area contributed by atoms with Crippen LogP contribution in [0.25, 0.3) is 21.9 Å². The summed E-state index contributed by atoms with van der Waals surface area (Å²) in [6, 6.07) is 10.5. The Kier molecular flexibility index (Phi) is 9.81. The van der Waals surface area contributed by atoms with Crippen molar-refractivity contribution >= 4 is 39.8 Å². The standard InChI is InChI=1S/C31H30O12/c1-17(2)7-3-4-12-27(34)41-18(15-39-21-8-5-10-23-28(21)19(32)13-25(42-23)30(35)36)16-40-22-9-6-11-24-29(22)20(33)14-26(43-24)31(37)38/h5-6,8-11,13-14,17-18H,3-4,7,12,15-16H2,1-2H3,(H,35,36)(H,37,38). The van der Waals surface area contributed by atoms with Crippen molar-refractivity contribution in [2.24, 2.45) is 5.92 Å². The van der Waals surface area contributed by atoms with Crippen molar-refractivity contribution in [2.75, 3.05) is 13.2 Å². The molecule has 4 aromatic rings. The van der Waals surface area contributed by atoms with Crippen LogP contribution in [0.5, 0.6) is 11.5 Å². The molecule has 0 aliphatic carbocycles. The average molecular weight is 595 g/mol. The summed E-state index contributed by atoms with van der Waals surface area (Å²) in [6.07, 6.45) is 1.59. The van der Waals surface area contributed by atoms with Crippen LogP contribution in [-0.2, 0) is 9.53 Å². The zero-order valence-electron chi connectivity index (χ0n) is 23.5. The van der Waals surface area contributed by atoms with Gasteiger partial charge in [-0.1, -0.05) is 38.8 Å². The van der Waals surface area contributed by atoms with Crippen LogP contribution in [0.2, 0.25) is 0 Å². The molecule has 0 unspecified atom stereocenters. The predicted octanol–water partition coefficient (Wildman–Crippen LogP) is 4.88. The van der Waals surface area contributed by atoms with Gasteiger partial charge in [-0.05, 0) is 36.6 Å². The Hall–Kier alpha value is -5.13. The van der Waals surface area contributed by atoms with Gasteiger partial charge in [-0.25, -0.2) is 9.59 Å². The molecule has 12 nitrogen and oxygen atoms in total. The molecule has 0 spiro atoms. The minimum atomic E-state index is -1.40. The largest absolute Gasteiger partial charge is 0.489 e. The van der Waals surface area contributed by atoms with Crippen LogP contribution < -0.4 is 20.3 Å². The van der Waals surface area contributed by atoms with E-state index in [1.165, 1.54) is 36.4 Å². The third-order valence-electron chi connectivity index (χ3n) is 6.41. The van der Waals surface area contributed by atoms with E-state index in [9.17, 15) is 34.2 Å². The van der Waals surface area contributed by atoms with Crippen molar-refractivity contribution in [1.82, 2.24) is 0 Å². The van der Waals surface area contributed by atoms with E-state index >= 15 is 0 Å². The summed E-state index contributed by atoms with van der Waals surface area (Å²) < 4.78 is 28.0. The number of fused-ring (bicyclic) bond motifs is 2. The molecule has 0 aliphatic heterocycles. The van der Waals surface area contributed by atoms with Crippen LogP contribution in [0.15, 0.2) is 67.0 Å². The van der Waals surface area contributed by atoms with Gasteiger partial charge < -0.3 is 33.3 Å². The molecule has 0 amide bonds. The van der Waals surface area contributed by atoms with E-state index in [-0.39, 0.29) is 53.1 Å². The summed E-state index contributed by atoms with van der Waals surface area (Å²) in [5.41, 5.74) is -1.26. The number of aromatic carboxylic acids is 2.